The van der Waals surface area contributed by atoms with Crippen molar-refractivity contribution in [3.63, 3.8) is 0 Å². The molecule has 9 nitrogen and oxygen atoms in total. The Hall–Kier alpha value is -2.72. The molecule has 1 N–H and O–H groups in total. The Bertz CT molecular complexity index is 1170. The molecule has 148 valence electrons. The van der Waals surface area contributed by atoms with Gasteiger partial charge in [-0.1, -0.05) is 0 Å². The van der Waals surface area contributed by atoms with Crippen LogP contribution in [0.25, 0.3) is 11.0 Å². The molecule has 4 heterocycles. The number of hydrogen-bond acceptors (Lipinski definition) is 5. The second-order valence-corrected chi connectivity index (χ2v) is 8.98. The maximum Gasteiger partial charge on any atom is 0.272 e. The summed E-state index contributed by atoms with van der Waals surface area (Å²) in [5.41, 5.74) is 2.34. The van der Waals surface area contributed by atoms with E-state index in [0.29, 0.717) is 18.8 Å². The minimum atomic E-state index is -3.57. The average molecular weight is 402 g/mol. The van der Waals surface area contributed by atoms with Gasteiger partial charge < -0.3 is 9.88 Å². The van der Waals surface area contributed by atoms with Crippen LogP contribution in [0.15, 0.2) is 29.4 Å². The predicted octanol–water partition coefficient (Wildman–Crippen LogP) is 1.65. The summed E-state index contributed by atoms with van der Waals surface area (Å²) < 4.78 is 30.1. The number of aromatic nitrogens is 4. The number of amides is 1. The monoisotopic (exact) mass is 402 g/mol. The van der Waals surface area contributed by atoms with E-state index >= 15 is 0 Å². The van der Waals surface area contributed by atoms with Crippen LogP contribution in [0.1, 0.15) is 29.0 Å². The van der Waals surface area contributed by atoms with Crippen LogP contribution in [0.5, 0.6) is 0 Å². The van der Waals surface area contributed by atoms with Crippen molar-refractivity contribution >= 4 is 32.7 Å². The molecule has 1 fully saturated rings. The Labute approximate surface area is 163 Å². The van der Waals surface area contributed by atoms with E-state index in [9.17, 15) is 13.2 Å². The molecule has 0 unspecified atom stereocenters. The van der Waals surface area contributed by atoms with Crippen molar-refractivity contribution in [1.82, 2.24) is 23.6 Å². The summed E-state index contributed by atoms with van der Waals surface area (Å²) in [7, 11) is -0.0995. The molecule has 0 spiro atoms. The molecule has 28 heavy (non-hydrogen) atoms. The number of nitrogens with one attached hydrogen (secondary N) is 1. The first-order chi connectivity index (χ1) is 13.3. The molecule has 3 aromatic rings. The molecule has 1 aliphatic heterocycles. The van der Waals surface area contributed by atoms with Gasteiger partial charge in [-0.05, 0) is 31.9 Å². The predicted molar refractivity (Wildman–Crippen MR) is 105 cm³/mol. The zero-order chi connectivity index (χ0) is 20.1. The number of nitrogens with zero attached hydrogens (tertiary/aromatic N) is 5. The van der Waals surface area contributed by atoms with Crippen molar-refractivity contribution in [3.05, 3.63) is 35.9 Å². The summed E-state index contributed by atoms with van der Waals surface area (Å²) in [6, 6.07) is 3.23. The quantitative estimate of drug-likeness (QED) is 0.715. The van der Waals surface area contributed by atoms with E-state index in [1.807, 2.05) is 20.0 Å². The van der Waals surface area contributed by atoms with Gasteiger partial charge in [-0.15, -0.1) is 0 Å². The molecule has 0 aliphatic carbocycles. The number of rotatable bonds is 4. The summed E-state index contributed by atoms with van der Waals surface area (Å²) in [6.45, 7) is 2.92. The van der Waals surface area contributed by atoms with Gasteiger partial charge in [0, 0.05) is 38.8 Å². The summed E-state index contributed by atoms with van der Waals surface area (Å²) in [4.78, 5) is 17.2. The minimum Gasteiger partial charge on any atom is -0.345 e. The zero-order valence-electron chi connectivity index (χ0n) is 16.0. The zero-order valence-corrected chi connectivity index (χ0v) is 16.8. The van der Waals surface area contributed by atoms with Crippen LogP contribution in [0.4, 0.5) is 5.69 Å². The molecular weight excluding hydrogens is 380 g/mol. The van der Waals surface area contributed by atoms with Crippen molar-refractivity contribution in [2.24, 2.45) is 14.1 Å². The number of pyridine rings is 1. The van der Waals surface area contributed by atoms with E-state index in [0.717, 1.165) is 29.6 Å². The lowest BCUT2D eigenvalue weighted by Crippen LogP contribution is -2.27. The van der Waals surface area contributed by atoms with Crippen LogP contribution < -0.4 is 5.32 Å². The first kappa shape index (κ1) is 18.6. The Morgan fingerprint density at radius 1 is 1.18 bits per heavy atom. The lowest BCUT2D eigenvalue weighted by Gasteiger charge is -2.13. The van der Waals surface area contributed by atoms with Gasteiger partial charge in [0.1, 0.15) is 10.6 Å². The molecule has 0 aromatic carbocycles. The Morgan fingerprint density at radius 3 is 2.61 bits per heavy atom. The van der Waals surface area contributed by atoms with Gasteiger partial charge in [0.05, 0.1) is 17.6 Å². The first-order valence-electron chi connectivity index (χ1n) is 9.04. The number of fused-ring (bicyclic) bond motifs is 1. The van der Waals surface area contributed by atoms with Crippen LogP contribution in [-0.2, 0) is 24.1 Å². The third kappa shape index (κ3) is 3.08. The van der Waals surface area contributed by atoms with E-state index < -0.39 is 15.9 Å². The normalized spacial score (nSPS) is 15.4. The van der Waals surface area contributed by atoms with Crippen LogP contribution in [0, 0.1) is 6.92 Å². The highest BCUT2D eigenvalue weighted by atomic mass is 32.2. The fourth-order valence-corrected chi connectivity index (χ4v) is 5.14. The largest absolute Gasteiger partial charge is 0.345 e. The average Bonchev–Trinajstić information content (AvgIpc) is 3.36. The SMILES string of the molecule is Cc1nn(C)c2ncc(NC(=O)c3cc(S(=O)(=O)N4CCCC4)cn3C)cc12. The van der Waals surface area contributed by atoms with Gasteiger partial charge in [0.25, 0.3) is 5.91 Å². The summed E-state index contributed by atoms with van der Waals surface area (Å²) >= 11 is 0. The lowest BCUT2D eigenvalue weighted by atomic mass is 10.2. The lowest BCUT2D eigenvalue weighted by molar-refractivity contribution is 0.101. The maximum atomic E-state index is 12.7. The van der Waals surface area contributed by atoms with Gasteiger partial charge in [-0.25, -0.2) is 13.4 Å². The Balaban J connectivity index is 1.60. The number of carbonyl (C=O) groups excluding carboxylic acids is 1. The van der Waals surface area contributed by atoms with Crippen LogP contribution in [-0.4, -0.2) is 51.1 Å². The Morgan fingerprint density at radius 2 is 1.89 bits per heavy atom. The van der Waals surface area contributed by atoms with E-state index in [-0.39, 0.29) is 10.6 Å². The van der Waals surface area contributed by atoms with Gasteiger partial charge >= 0.3 is 0 Å². The van der Waals surface area contributed by atoms with Gasteiger partial charge in [0.15, 0.2) is 5.65 Å². The van der Waals surface area contributed by atoms with Gasteiger partial charge in [-0.2, -0.15) is 9.40 Å². The smallest absolute Gasteiger partial charge is 0.272 e. The molecule has 3 aromatic heterocycles. The molecular formula is C18H22N6O3S. The van der Waals surface area contributed by atoms with E-state index in [2.05, 4.69) is 15.4 Å². The van der Waals surface area contributed by atoms with E-state index in [1.54, 1.807) is 17.9 Å². The van der Waals surface area contributed by atoms with Gasteiger partial charge in [0.2, 0.25) is 10.0 Å². The molecule has 0 radical (unpaired) electrons. The topological polar surface area (TPSA) is 102 Å². The molecule has 1 amide bonds. The van der Waals surface area contributed by atoms with Crippen LogP contribution in [0.2, 0.25) is 0 Å². The Kier molecular flexibility index (Phi) is 4.47. The highest BCUT2D eigenvalue weighted by Crippen LogP contribution is 2.24. The van der Waals surface area contributed by atoms with Crippen LogP contribution in [0.3, 0.4) is 0 Å². The maximum absolute atomic E-state index is 12.7. The van der Waals surface area contributed by atoms with Gasteiger partial charge in [-0.3, -0.25) is 9.48 Å². The minimum absolute atomic E-state index is 0.138. The third-order valence-electron chi connectivity index (χ3n) is 5.04. The molecule has 4 rings (SSSR count). The van der Waals surface area contributed by atoms with E-state index in [1.165, 1.54) is 21.1 Å². The highest BCUT2D eigenvalue weighted by molar-refractivity contribution is 7.89. The standard InChI is InChI=1S/C18H22N6O3S/c1-12-15-8-13(10-19-17(15)23(3)21-12)20-18(25)16-9-14(11-22(16)2)28(26,27)24-6-4-5-7-24/h8-11H,4-7H2,1-3H3,(H,20,25). The number of anilines is 1. The number of aryl methyl sites for hydroxylation is 3. The van der Waals surface area contributed by atoms with Crippen molar-refractivity contribution in [2.75, 3.05) is 18.4 Å². The third-order valence-corrected chi connectivity index (χ3v) is 6.90. The van der Waals surface area contributed by atoms with Crippen molar-refractivity contribution in [3.8, 4) is 0 Å². The molecule has 0 atom stereocenters. The molecule has 1 saturated heterocycles. The fraction of sp³-hybridized carbons (Fsp3) is 0.389. The van der Waals surface area contributed by atoms with Crippen molar-refractivity contribution < 1.29 is 13.2 Å². The fourth-order valence-electron chi connectivity index (χ4n) is 3.55. The molecule has 10 heteroatoms. The molecule has 1 aliphatic rings. The number of sulfonamides is 1. The summed E-state index contributed by atoms with van der Waals surface area (Å²) in [5.74, 6) is -0.395. The van der Waals surface area contributed by atoms with Crippen molar-refractivity contribution in [1.29, 1.82) is 0 Å². The van der Waals surface area contributed by atoms with Crippen molar-refractivity contribution in [2.45, 2.75) is 24.7 Å². The second-order valence-electron chi connectivity index (χ2n) is 7.04. The van der Waals surface area contributed by atoms with E-state index in [4.69, 9.17) is 0 Å². The molecule has 0 bridgehead atoms. The number of carbonyl (C=O) groups is 1. The highest BCUT2D eigenvalue weighted by Gasteiger charge is 2.29. The molecule has 0 saturated carbocycles. The first-order valence-corrected chi connectivity index (χ1v) is 10.5. The summed E-state index contributed by atoms with van der Waals surface area (Å²) in [5, 5.41) is 7.96. The second kappa shape index (κ2) is 6.71. The van der Waals surface area contributed by atoms with Crippen LogP contribution >= 0.6 is 0 Å². The summed E-state index contributed by atoms with van der Waals surface area (Å²) in [6.07, 6.45) is 4.77. The number of hydrogen-bond donors (Lipinski definition) is 1.